The van der Waals surface area contributed by atoms with Crippen molar-refractivity contribution in [3.63, 3.8) is 0 Å². The predicted molar refractivity (Wildman–Crippen MR) is 42.1 cm³/mol. The Labute approximate surface area is 66.8 Å². The molecular weight excluding hydrogens is 142 g/mol. The van der Waals surface area contributed by atoms with Crippen molar-refractivity contribution < 1.29 is 9.90 Å². The fraction of sp³-hybridized carbons (Fsp3) is 0.875. The lowest BCUT2D eigenvalue weighted by Crippen LogP contribution is -2.47. The summed E-state index contributed by atoms with van der Waals surface area (Å²) < 4.78 is 0. The zero-order valence-corrected chi connectivity index (χ0v) is 6.89. The molecule has 0 spiro atoms. The number of hydrogen-bond donors (Lipinski definition) is 2. The number of aliphatic hydroxyl groups excluding tert-OH is 1. The van der Waals surface area contributed by atoms with Crippen molar-refractivity contribution in [1.29, 1.82) is 0 Å². The fourth-order valence-corrected chi connectivity index (χ4v) is 1.53. The van der Waals surface area contributed by atoms with E-state index in [1.54, 1.807) is 0 Å². The van der Waals surface area contributed by atoms with Gasteiger partial charge >= 0.3 is 0 Å². The maximum atomic E-state index is 11.3. The lowest BCUT2D eigenvalue weighted by atomic mass is 9.78. The minimum Gasteiger partial charge on any atom is -0.395 e. The molecule has 1 rings (SSSR count). The van der Waals surface area contributed by atoms with Crippen molar-refractivity contribution in [3.05, 3.63) is 0 Å². The van der Waals surface area contributed by atoms with Crippen LogP contribution in [0.4, 0.5) is 0 Å². The standard InChI is InChI=1S/C8H15NO2/c1-2-8(6-10)4-3-5-9-7(8)11/h10H,2-6H2,1H3,(H,9,11)/t8-/m1/s1. The second kappa shape index (κ2) is 3.22. The summed E-state index contributed by atoms with van der Waals surface area (Å²) in [6.45, 7) is 2.69. The SMILES string of the molecule is CC[C@]1(CO)CCCNC1=O. The molecule has 1 aliphatic heterocycles. The van der Waals surface area contributed by atoms with E-state index in [-0.39, 0.29) is 12.5 Å². The zero-order chi connectivity index (χ0) is 8.32. The number of amides is 1. The third-order valence-corrected chi connectivity index (χ3v) is 2.58. The van der Waals surface area contributed by atoms with Gasteiger partial charge in [-0.2, -0.15) is 0 Å². The van der Waals surface area contributed by atoms with E-state index in [4.69, 9.17) is 5.11 Å². The van der Waals surface area contributed by atoms with E-state index < -0.39 is 5.41 Å². The summed E-state index contributed by atoms with van der Waals surface area (Å²) in [6.07, 6.45) is 2.54. The minimum absolute atomic E-state index is 0.0185. The molecule has 0 unspecified atom stereocenters. The molecule has 1 aliphatic rings. The average molecular weight is 157 g/mol. The van der Waals surface area contributed by atoms with Crippen molar-refractivity contribution in [2.75, 3.05) is 13.2 Å². The quantitative estimate of drug-likeness (QED) is 0.605. The lowest BCUT2D eigenvalue weighted by molar-refractivity contribution is -0.136. The maximum Gasteiger partial charge on any atom is 0.228 e. The van der Waals surface area contributed by atoms with Crippen LogP contribution >= 0.6 is 0 Å². The third-order valence-electron chi connectivity index (χ3n) is 2.58. The highest BCUT2D eigenvalue weighted by atomic mass is 16.3. The fourth-order valence-electron chi connectivity index (χ4n) is 1.53. The van der Waals surface area contributed by atoms with Gasteiger partial charge in [0.15, 0.2) is 0 Å². The van der Waals surface area contributed by atoms with E-state index in [1.807, 2.05) is 6.92 Å². The van der Waals surface area contributed by atoms with Gasteiger partial charge in [0.25, 0.3) is 0 Å². The molecule has 1 heterocycles. The van der Waals surface area contributed by atoms with Crippen LogP contribution < -0.4 is 5.32 Å². The summed E-state index contributed by atoms with van der Waals surface area (Å²) in [4.78, 5) is 11.3. The van der Waals surface area contributed by atoms with Crippen LogP contribution in [-0.4, -0.2) is 24.2 Å². The van der Waals surface area contributed by atoms with Gasteiger partial charge in [-0.05, 0) is 19.3 Å². The van der Waals surface area contributed by atoms with Gasteiger partial charge in [-0.1, -0.05) is 6.92 Å². The van der Waals surface area contributed by atoms with Crippen LogP contribution in [0.25, 0.3) is 0 Å². The number of hydrogen-bond acceptors (Lipinski definition) is 2. The zero-order valence-electron chi connectivity index (χ0n) is 6.89. The highest BCUT2D eigenvalue weighted by Crippen LogP contribution is 2.29. The molecule has 0 aromatic carbocycles. The number of carbonyl (C=O) groups excluding carboxylic acids is 1. The van der Waals surface area contributed by atoms with E-state index in [0.29, 0.717) is 0 Å². The summed E-state index contributed by atoms with van der Waals surface area (Å²) in [5.41, 5.74) is -0.474. The molecule has 3 heteroatoms. The van der Waals surface area contributed by atoms with Gasteiger partial charge in [-0.3, -0.25) is 4.79 Å². The van der Waals surface area contributed by atoms with Crippen molar-refractivity contribution in [1.82, 2.24) is 5.32 Å². The first-order valence-electron chi connectivity index (χ1n) is 4.14. The molecule has 2 N–H and O–H groups in total. The topological polar surface area (TPSA) is 49.3 Å². The highest BCUT2D eigenvalue weighted by Gasteiger charge is 2.37. The van der Waals surface area contributed by atoms with Crippen molar-refractivity contribution >= 4 is 5.91 Å². The monoisotopic (exact) mass is 157 g/mol. The number of carbonyl (C=O) groups is 1. The Balaban J connectivity index is 2.69. The van der Waals surface area contributed by atoms with Crippen molar-refractivity contribution in [2.45, 2.75) is 26.2 Å². The summed E-state index contributed by atoms with van der Waals surface area (Å²) in [5, 5.41) is 11.8. The molecule has 1 amide bonds. The molecule has 1 saturated heterocycles. The van der Waals surface area contributed by atoms with Crippen molar-refractivity contribution in [3.8, 4) is 0 Å². The van der Waals surface area contributed by atoms with Gasteiger partial charge in [-0.25, -0.2) is 0 Å². The first-order chi connectivity index (χ1) is 5.25. The Hall–Kier alpha value is -0.570. The number of nitrogens with one attached hydrogen (secondary N) is 1. The normalized spacial score (nSPS) is 31.6. The molecule has 0 saturated carbocycles. The highest BCUT2D eigenvalue weighted by molar-refractivity contribution is 5.83. The Morgan fingerprint density at radius 1 is 1.73 bits per heavy atom. The van der Waals surface area contributed by atoms with Gasteiger partial charge in [0.1, 0.15) is 0 Å². The van der Waals surface area contributed by atoms with Crippen LogP contribution in [-0.2, 0) is 4.79 Å². The minimum atomic E-state index is -0.474. The number of piperidine rings is 1. The molecule has 0 aromatic heterocycles. The molecule has 0 radical (unpaired) electrons. The van der Waals surface area contributed by atoms with Crippen LogP contribution in [0.2, 0.25) is 0 Å². The Bertz CT molecular complexity index is 152. The summed E-state index contributed by atoms with van der Waals surface area (Å²) in [6, 6.07) is 0. The van der Waals surface area contributed by atoms with Crippen LogP contribution in [0.5, 0.6) is 0 Å². The molecule has 1 atom stereocenters. The second-order valence-corrected chi connectivity index (χ2v) is 3.15. The van der Waals surface area contributed by atoms with Gasteiger partial charge < -0.3 is 10.4 Å². The molecule has 64 valence electrons. The predicted octanol–water partition coefficient (Wildman–Crippen LogP) is 0.285. The first kappa shape index (κ1) is 8.53. The van der Waals surface area contributed by atoms with Crippen molar-refractivity contribution in [2.24, 2.45) is 5.41 Å². The lowest BCUT2D eigenvalue weighted by Gasteiger charge is -2.33. The number of rotatable bonds is 2. The first-order valence-corrected chi connectivity index (χ1v) is 4.14. The largest absolute Gasteiger partial charge is 0.395 e. The molecule has 1 fully saturated rings. The van der Waals surface area contributed by atoms with Gasteiger partial charge in [0.05, 0.1) is 12.0 Å². The second-order valence-electron chi connectivity index (χ2n) is 3.15. The Kier molecular flexibility index (Phi) is 2.49. The number of aliphatic hydroxyl groups is 1. The van der Waals surface area contributed by atoms with Crippen LogP contribution in [0, 0.1) is 5.41 Å². The van der Waals surface area contributed by atoms with E-state index in [9.17, 15) is 4.79 Å². The molecule has 0 bridgehead atoms. The van der Waals surface area contributed by atoms with Gasteiger partial charge in [-0.15, -0.1) is 0 Å². The molecule has 0 aromatic rings. The van der Waals surface area contributed by atoms with Crippen LogP contribution in [0.1, 0.15) is 26.2 Å². The van der Waals surface area contributed by atoms with Crippen LogP contribution in [0.3, 0.4) is 0 Å². The molecule has 0 aliphatic carbocycles. The van der Waals surface area contributed by atoms with E-state index in [1.165, 1.54) is 0 Å². The Morgan fingerprint density at radius 2 is 2.45 bits per heavy atom. The molecule has 3 nitrogen and oxygen atoms in total. The smallest absolute Gasteiger partial charge is 0.228 e. The van der Waals surface area contributed by atoms with E-state index in [0.717, 1.165) is 25.8 Å². The van der Waals surface area contributed by atoms with Gasteiger partial charge in [0.2, 0.25) is 5.91 Å². The molecular formula is C8H15NO2. The summed E-state index contributed by atoms with van der Waals surface area (Å²) in [5.74, 6) is 0.0220. The summed E-state index contributed by atoms with van der Waals surface area (Å²) >= 11 is 0. The van der Waals surface area contributed by atoms with E-state index in [2.05, 4.69) is 5.32 Å². The molecule has 11 heavy (non-hydrogen) atoms. The van der Waals surface area contributed by atoms with Gasteiger partial charge in [0, 0.05) is 6.54 Å². The summed E-state index contributed by atoms with van der Waals surface area (Å²) in [7, 11) is 0. The van der Waals surface area contributed by atoms with E-state index >= 15 is 0 Å². The average Bonchev–Trinajstić information content (AvgIpc) is 2.06. The third kappa shape index (κ3) is 1.38. The van der Waals surface area contributed by atoms with Crippen LogP contribution in [0.15, 0.2) is 0 Å². The maximum absolute atomic E-state index is 11.3. The Morgan fingerprint density at radius 3 is 2.82 bits per heavy atom.